The van der Waals surface area contributed by atoms with Gasteiger partial charge in [0, 0.05) is 12.4 Å². The molecule has 0 aromatic heterocycles. The van der Waals surface area contributed by atoms with Crippen LogP contribution >= 0.6 is 19.3 Å². The van der Waals surface area contributed by atoms with Gasteiger partial charge in [0.25, 0.3) is 0 Å². The van der Waals surface area contributed by atoms with Crippen LogP contribution in [0.3, 0.4) is 0 Å². The van der Waals surface area contributed by atoms with Crippen molar-refractivity contribution in [2.45, 2.75) is 32.3 Å². The largest absolute Gasteiger partial charge is 0.405 e. The van der Waals surface area contributed by atoms with Crippen LogP contribution in [0.2, 0.25) is 0 Å². The van der Waals surface area contributed by atoms with Crippen molar-refractivity contribution < 1.29 is 13.6 Å². The molecule has 1 rings (SSSR count). The number of alkyl halides is 1. The van der Waals surface area contributed by atoms with E-state index in [0.717, 1.165) is 12.8 Å². The Labute approximate surface area is 89.9 Å². The molecule has 0 bridgehead atoms. The quantitative estimate of drug-likeness (QED) is 0.457. The predicted molar refractivity (Wildman–Crippen MR) is 56.7 cm³/mol. The lowest BCUT2D eigenvalue weighted by molar-refractivity contribution is 0.0884. The first-order valence-corrected chi connectivity index (χ1v) is 7.02. The number of nitrogens with one attached hydrogen (secondary N) is 1. The van der Waals surface area contributed by atoms with Gasteiger partial charge in [-0.3, -0.25) is 9.05 Å². The van der Waals surface area contributed by atoms with E-state index in [4.69, 9.17) is 20.6 Å². The molecule has 84 valence electrons. The van der Waals surface area contributed by atoms with Gasteiger partial charge in [0.1, 0.15) is 0 Å². The second-order valence-electron chi connectivity index (χ2n) is 3.26. The SMILES string of the molecule is CCCCNP1(=O)OCCC(CCl)O1. The number of hydrogen-bond donors (Lipinski definition) is 1. The van der Waals surface area contributed by atoms with E-state index < -0.39 is 7.75 Å². The summed E-state index contributed by atoms with van der Waals surface area (Å²) >= 11 is 5.64. The van der Waals surface area contributed by atoms with E-state index in [2.05, 4.69) is 12.0 Å². The summed E-state index contributed by atoms with van der Waals surface area (Å²) in [5, 5.41) is 2.82. The molecule has 14 heavy (non-hydrogen) atoms. The molecule has 6 heteroatoms. The molecule has 2 unspecified atom stereocenters. The molecule has 1 heterocycles. The predicted octanol–water partition coefficient (Wildman–Crippen LogP) is 2.53. The van der Waals surface area contributed by atoms with Crippen LogP contribution in [0.15, 0.2) is 0 Å². The summed E-state index contributed by atoms with van der Waals surface area (Å²) in [6.45, 7) is 3.18. The minimum atomic E-state index is -3.05. The normalized spacial score (nSPS) is 33.1. The van der Waals surface area contributed by atoms with Crippen molar-refractivity contribution in [2.24, 2.45) is 0 Å². The lowest BCUT2D eigenvalue weighted by Gasteiger charge is -2.28. The summed E-state index contributed by atoms with van der Waals surface area (Å²) in [5.74, 6) is 0.364. The average molecular weight is 242 g/mol. The maximum atomic E-state index is 11.9. The number of rotatable bonds is 5. The molecule has 0 spiro atoms. The molecule has 0 amide bonds. The Morgan fingerprint density at radius 1 is 1.64 bits per heavy atom. The van der Waals surface area contributed by atoms with Crippen molar-refractivity contribution in [1.82, 2.24) is 5.09 Å². The first-order valence-electron chi connectivity index (χ1n) is 4.94. The molecule has 1 N–H and O–H groups in total. The Morgan fingerprint density at radius 2 is 2.43 bits per heavy atom. The molecular formula is C8H17ClNO3P. The summed E-state index contributed by atoms with van der Waals surface area (Å²) in [6, 6.07) is 0. The van der Waals surface area contributed by atoms with Crippen LogP contribution in [-0.2, 0) is 13.6 Å². The number of halogens is 1. The van der Waals surface area contributed by atoms with Crippen LogP contribution in [0.25, 0.3) is 0 Å². The monoisotopic (exact) mass is 241 g/mol. The maximum Gasteiger partial charge on any atom is 0.405 e. The second kappa shape index (κ2) is 6.09. The van der Waals surface area contributed by atoms with Gasteiger partial charge in [0.05, 0.1) is 12.7 Å². The van der Waals surface area contributed by atoms with Gasteiger partial charge < -0.3 is 0 Å². The van der Waals surface area contributed by atoms with Crippen molar-refractivity contribution in [2.75, 3.05) is 19.0 Å². The highest BCUT2D eigenvalue weighted by atomic mass is 35.5. The van der Waals surface area contributed by atoms with Crippen LogP contribution < -0.4 is 5.09 Å². The smallest absolute Gasteiger partial charge is 0.297 e. The fourth-order valence-electron chi connectivity index (χ4n) is 1.16. The standard InChI is InChI=1S/C8H17ClNO3P/c1-2-3-5-10-14(11)12-6-4-8(7-9)13-14/h8H,2-7H2,1H3,(H,10,11). The van der Waals surface area contributed by atoms with Crippen LogP contribution in [0.5, 0.6) is 0 Å². The van der Waals surface area contributed by atoms with Gasteiger partial charge in [-0.25, -0.2) is 9.65 Å². The van der Waals surface area contributed by atoms with E-state index in [1.807, 2.05) is 0 Å². The van der Waals surface area contributed by atoms with E-state index in [0.29, 0.717) is 25.5 Å². The summed E-state index contributed by atoms with van der Waals surface area (Å²) in [4.78, 5) is 0. The van der Waals surface area contributed by atoms with Gasteiger partial charge in [-0.1, -0.05) is 13.3 Å². The molecule has 4 nitrogen and oxygen atoms in total. The Bertz CT molecular complexity index is 215. The number of hydrogen-bond acceptors (Lipinski definition) is 3. The fourth-order valence-corrected chi connectivity index (χ4v) is 3.05. The Balaban J connectivity index is 2.35. The van der Waals surface area contributed by atoms with E-state index in [1.54, 1.807) is 0 Å². The van der Waals surface area contributed by atoms with Gasteiger partial charge in [-0.15, -0.1) is 11.6 Å². The minimum Gasteiger partial charge on any atom is -0.297 e. The molecule has 0 radical (unpaired) electrons. The lowest BCUT2D eigenvalue weighted by atomic mass is 10.3. The molecule has 0 aromatic carbocycles. The molecular weight excluding hydrogens is 225 g/mol. The van der Waals surface area contributed by atoms with Crippen LogP contribution in [-0.4, -0.2) is 25.1 Å². The third kappa shape index (κ3) is 3.87. The first-order chi connectivity index (χ1) is 6.70. The van der Waals surface area contributed by atoms with Crippen molar-refractivity contribution >= 4 is 19.3 Å². The zero-order valence-electron chi connectivity index (χ0n) is 8.37. The molecule has 0 saturated carbocycles. The highest BCUT2D eigenvalue weighted by Crippen LogP contribution is 2.48. The average Bonchev–Trinajstić information content (AvgIpc) is 2.18. The van der Waals surface area contributed by atoms with Crippen LogP contribution in [0, 0.1) is 0 Å². The summed E-state index contributed by atoms with van der Waals surface area (Å²) in [7, 11) is -3.05. The summed E-state index contributed by atoms with van der Waals surface area (Å²) < 4.78 is 22.2. The maximum absolute atomic E-state index is 11.9. The highest BCUT2D eigenvalue weighted by Gasteiger charge is 2.32. The van der Waals surface area contributed by atoms with Crippen molar-refractivity contribution in [3.8, 4) is 0 Å². The van der Waals surface area contributed by atoms with Crippen LogP contribution in [0.4, 0.5) is 0 Å². The highest BCUT2D eigenvalue weighted by molar-refractivity contribution is 7.51. The lowest BCUT2D eigenvalue weighted by Crippen LogP contribution is -2.28. The summed E-state index contributed by atoms with van der Waals surface area (Å²) in [6.07, 6.45) is 2.57. The molecule has 1 aliphatic heterocycles. The zero-order valence-corrected chi connectivity index (χ0v) is 10.0. The molecule has 1 fully saturated rings. The second-order valence-corrected chi connectivity index (χ2v) is 5.35. The first kappa shape index (κ1) is 12.5. The van der Waals surface area contributed by atoms with Crippen molar-refractivity contribution in [3.63, 3.8) is 0 Å². The third-order valence-corrected chi connectivity index (χ3v) is 4.05. The Hall–Kier alpha value is 0.400. The molecule has 0 aliphatic carbocycles. The Morgan fingerprint density at radius 3 is 3.07 bits per heavy atom. The van der Waals surface area contributed by atoms with Gasteiger partial charge >= 0.3 is 7.75 Å². The minimum absolute atomic E-state index is 0.148. The molecule has 0 aromatic rings. The van der Waals surface area contributed by atoms with Gasteiger partial charge in [-0.2, -0.15) is 0 Å². The van der Waals surface area contributed by atoms with Crippen molar-refractivity contribution in [1.29, 1.82) is 0 Å². The fraction of sp³-hybridized carbons (Fsp3) is 1.00. The van der Waals surface area contributed by atoms with Crippen molar-refractivity contribution in [3.05, 3.63) is 0 Å². The van der Waals surface area contributed by atoms with Gasteiger partial charge in [0.15, 0.2) is 0 Å². The molecule has 2 atom stereocenters. The van der Waals surface area contributed by atoms with E-state index in [1.165, 1.54) is 0 Å². The van der Waals surface area contributed by atoms with Gasteiger partial charge in [-0.05, 0) is 12.8 Å². The van der Waals surface area contributed by atoms with E-state index >= 15 is 0 Å². The van der Waals surface area contributed by atoms with Crippen LogP contribution in [0.1, 0.15) is 26.2 Å². The summed E-state index contributed by atoms with van der Waals surface area (Å²) in [5.41, 5.74) is 0. The van der Waals surface area contributed by atoms with E-state index in [9.17, 15) is 4.57 Å². The third-order valence-electron chi connectivity index (χ3n) is 2.00. The Kier molecular flexibility index (Phi) is 5.42. The molecule has 1 saturated heterocycles. The van der Waals surface area contributed by atoms with Gasteiger partial charge in [0.2, 0.25) is 0 Å². The van der Waals surface area contributed by atoms with E-state index in [-0.39, 0.29) is 6.10 Å². The zero-order chi connectivity index (χ0) is 10.4. The molecule has 1 aliphatic rings. The topological polar surface area (TPSA) is 47.6 Å². The number of unbranched alkanes of at least 4 members (excludes halogenated alkanes) is 1.